The molecule has 1 aromatic rings. The van der Waals surface area contributed by atoms with E-state index in [0.717, 1.165) is 5.82 Å². The van der Waals surface area contributed by atoms with Gasteiger partial charge in [0.15, 0.2) is 6.10 Å². The highest BCUT2D eigenvalue weighted by Crippen LogP contribution is 2.13. The molecular weight excluding hydrogens is 198 g/mol. The summed E-state index contributed by atoms with van der Waals surface area (Å²) >= 11 is 0. The Morgan fingerprint density at radius 1 is 1.67 bits per heavy atom. The highest BCUT2D eigenvalue weighted by molar-refractivity contribution is 5.73. The molecule has 1 unspecified atom stereocenters. The molecule has 1 N–H and O–H groups in total. The maximum Gasteiger partial charge on any atom is 0.334 e. The summed E-state index contributed by atoms with van der Waals surface area (Å²) in [4.78, 5) is 20.5. The lowest BCUT2D eigenvalue weighted by Gasteiger charge is -2.31. The molecule has 0 spiro atoms. The number of carbonyl (C=O) groups is 1. The lowest BCUT2D eigenvalue weighted by molar-refractivity contribution is -0.150. The Morgan fingerprint density at radius 3 is 3.20 bits per heavy atom. The van der Waals surface area contributed by atoms with Crippen molar-refractivity contribution in [3.05, 3.63) is 18.6 Å². The van der Waals surface area contributed by atoms with Crippen LogP contribution in [-0.2, 0) is 9.53 Å². The van der Waals surface area contributed by atoms with Gasteiger partial charge in [0.1, 0.15) is 12.1 Å². The zero-order chi connectivity index (χ0) is 10.7. The van der Waals surface area contributed by atoms with Crippen LogP contribution in [0.15, 0.2) is 18.6 Å². The van der Waals surface area contributed by atoms with Gasteiger partial charge in [-0.1, -0.05) is 0 Å². The smallest absolute Gasteiger partial charge is 0.334 e. The van der Waals surface area contributed by atoms with Gasteiger partial charge in [0.2, 0.25) is 0 Å². The van der Waals surface area contributed by atoms with Crippen LogP contribution in [0, 0.1) is 0 Å². The SMILES string of the molecule is O=C(O)C1CN(c2ccncn2)CCO1. The Kier molecular flexibility index (Phi) is 2.77. The van der Waals surface area contributed by atoms with Gasteiger partial charge < -0.3 is 14.7 Å². The van der Waals surface area contributed by atoms with E-state index < -0.39 is 12.1 Å². The Hall–Kier alpha value is -1.69. The third kappa shape index (κ3) is 2.21. The van der Waals surface area contributed by atoms with Crippen LogP contribution >= 0.6 is 0 Å². The van der Waals surface area contributed by atoms with E-state index in [1.54, 1.807) is 12.3 Å². The highest BCUT2D eigenvalue weighted by atomic mass is 16.5. The molecule has 1 aliphatic rings. The zero-order valence-corrected chi connectivity index (χ0v) is 8.04. The third-order valence-electron chi connectivity index (χ3n) is 2.23. The van der Waals surface area contributed by atoms with Gasteiger partial charge in [-0.3, -0.25) is 0 Å². The molecule has 1 aromatic heterocycles. The van der Waals surface area contributed by atoms with E-state index in [0.29, 0.717) is 19.7 Å². The van der Waals surface area contributed by atoms with Crippen LogP contribution in [0.1, 0.15) is 0 Å². The fraction of sp³-hybridized carbons (Fsp3) is 0.444. The first-order valence-electron chi connectivity index (χ1n) is 4.63. The van der Waals surface area contributed by atoms with Gasteiger partial charge in [-0.25, -0.2) is 14.8 Å². The third-order valence-corrected chi connectivity index (χ3v) is 2.23. The first-order chi connectivity index (χ1) is 7.27. The van der Waals surface area contributed by atoms with Gasteiger partial charge in [-0.05, 0) is 6.07 Å². The van der Waals surface area contributed by atoms with Gasteiger partial charge in [-0.15, -0.1) is 0 Å². The van der Waals surface area contributed by atoms with E-state index in [1.165, 1.54) is 6.33 Å². The predicted molar refractivity (Wildman–Crippen MR) is 51.6 cm³/mol. The summed E-state index contributed by atoms with van der Waals surface area (Å²) in [6, 6.07) is 1.75. The van der Waals surface area contributed by atoms with Crippen molar-refractivity contribution in [1.82, 2.24) is 9.97 Å². The molecule has 2 rings (SSSR count). The molecule has 0 saturated carbocycles. The van der Waals surface area contributed by atoms with Crippen LogP contribution in [0.25, 0.3) is 0 Å². The van der Waals surface area contributed by atoms with Crippen molar-refractivity contribution in [3.63, 3.8) is 0 Å². The number of carboxylic acids is 1. The summed E-state index contributed by atoms with van der Waals surface area (Å²) in [5.41, 5.74) is 0. The second-order valence-corrected chi connectivity index (χ2v) is 3.21. The van der Waals surface area contributed by atoms with E-state index in [9.17, 15) is 4.79 Å². The minimum Gasteiger partial charge on any atom is -0.479 e. The Labute approximate surface area is 86.5 Å². The number of hydrogen-bond acceptors (Lipinski definition) is 5. The van der Waals surface area contributed by atoms with Crippen molar-refractivity contribution >= 4 is 11.8 Å². The maximum atomic E-state index is 10.7. The van der Waals surface area contributed by atoms with Crippen molar-refractivity contribution < 1.29 is 14.6 Å². The summed E-state index contributed by atoms with van der Waals surface area (Å²) in [6.07, 6.45) is 2.31. The summed E-state index contributed by atoms with van der Waals surface area (Å²) in [5.74, 6) is -0.201. The fourth-order valence-corrected chi connectivity index (χ4v) is 1.48. The summed E-state index contributed by atoms with van der Waals surface area (Å²) in [7, 11) is 0. The number of ether oxygens (including phenoxy) is 1. The number of hydrogen-bond donors (Lipinski definition) is 1. The molecular formula is C9H11N3O3. The van der Waals surface area contributed by atoms with E-state index in [-0.39, 0.29) is 0 Å². The van der Waals surface area contributed by atoms with E-state index in [1.807, 2.05) is 4.90 Å². The second kappa shape index (κ2) is 4.22. The van der Waals surface area contributed by atoms with Crippen LogP contribution in [0.5, 0.6) is 0 Å². The van der Waals surface area contributed by atoms with Crippen LogP contribution < -0.4 is 4.90 Å². The van der Waals surface area contributed by atoms with Gasteiger partial charge >= 0.3 is 5.97 Å². The first kappa shape index (κ1) is 9.85. The van der Waals surface area contributed by atoms with Crippen molar-refractivity contribution in [3.8, 4) is 0 Å². The van der Waals surface area contributed by atoms with Gasteiger partial charge in [0, 0.05) is 12.7 Å². The largest absolute Gasteiger partial charge is 0.479 e. The molecule has 2 heterocycles. The van der Waals surface area contributed by atoms with E-state index in [4.69, 9.17) is 9.84 Å². The molecule has 15 heavy (non-hydrogen) atoms. The molecule has 0 radical (unpaired) electrons. The van der Waals surface area contributed by atoms with Gasteiger partial charge in [0.05, 0.1) is 13.2 Å². The van der Waals surface area contributed by atoms with Crippen molar-refractivity contribution in [2.45, 2.75) is 6.10 Å². The van der Waals surface area contributed by atoms with E-state index in [2.05, 4.69) is 9.97 Å². The molecule has 80 valence electrons. The lowest BCUT2D eigenvalue weighted by atomic mass is 10.2. The molecule has 1 saturated heterocycles. The number of aromatic nitrogens is 2. The molecule has 0 bridgehead atoms. The average molecular weight is 209 g/mol. The molecule has 0 aromatic carbocycles. The molecule has 6 nitrogen and oxygen atoms in total. The highest BCUT2D eigenvalue weighted by Gasteiger charge is 2.26. The summed E-state index contributed by atoms with van der Waals surface area (Å²) < 4.78 is 5.11. The van der Waals surface area contributed by atoms with Crippen LogP contribution in [0.2, 0.25) is 0 Å². The zero-order valence-electron chi connectivity index (χ0n) is 8.04. The molecule has 0 aliphatic carbocycles. The maximum absolute atomic E-state index is 10.7. The van der Waals surface area contributed by atoms with Crippen LogP contribution in [-0.4, -0.2) is 46.8 Å². The minimum atomic E-state index is -0.936. The fourth-order valence-electron chi connectivity index (χ4n) is 1.48. The summed E-state index contributed by atoms with van der Waals surface area (Å²) in [6.45, 7) is 1.38. The molecule has 1 atom stereocenters. The molecule has 6 heteroatoms. The molecule has 0 amide bonds. The number of nitrogens with zero attached hydrogens (tertiary/aromatic N) is 3. The number of rotatable bonds is 2. The Morgan fingerprint density at radius 2 is 2.53 bits per heavy atom. The molecule has 1 fully saturated rings. The molecule has 1 aliphatic heterocycles. The van der Waals surface area contributed by atoms with Gasteiger partial charge in [0.25, 0.3) is 0 Å². The minimum absolute atomic E-state index is 0.326. The van der Waals surface area contributed by atoms with Gasteiger partial charge in [-0.2, -0.15) is 0 Å². The van der Waals surface area contributed by atoms with Crippen LogP contribution in [0.3, 0.4) is 0 Å². The number of aliphatic carboxylic acids is 1. The standard InChI is InChI=1S/C9H11N3O3/c13-9(14)7-5-12(3-4-15-7)8-1-2-10-6-11-8/h1-2,6-7H,3-5H2,(H,13,14). The lowest BCUT2D eigenvalue weighted by Crippen LogP contribution is -2.46. The number of anilines is 1. The normalized spacial score (nSPS) is 21.3. The van der Waals surface area contributed by atoms with Crippen LogP contribution in [0.4, 0.5) is 5.82 Å². The van der Waals surface area contributed by atoms with Crippen molar-refractivity contribution in [1.29, 1.82) is 0 Å². The number of carboxylic acid groups (broad SMARTS) is 1. The van der Waals surface area contributed by atoms with Crippen molar-refractivity contribution in [2.75, 3.05) is 24.6 Å². The van der Waals surface area contributed by atoms with E-state index >= 15 is 0 Å². The quantitative estimate of drug-likeness (QED) is 0.724. The first-order valence-corrected chi connectivity index (χ1v) is 4.63. The van der Waals surface area contributed by atoms with Crippen molar-refractivity contribution in [2.24, 2.45) is 0 Å². The summed E-state index contributed by atoms with van der Waals surface area (Å²) in [5, 5.41) is 8.82. The average Bonchev–Trinajstić information content (AvgIpc) is 2.30. The second-order valence-electron chi connectivity index (χ2n) is 3.21. The topological polar surface area (TPSA) is 75.5 Å². The monoisotopic (exact) mass is 209 g/mol. The Bertz CT molecular complexity index is 344. The predicted octanol–water partition coefficient (Wildman–Crippen LogP) is -0.234. The number of morpholine rings is 1. The Balaban J connectivity index is 2.08.